The average Bonchev–Trinajstić information content (AvgIpc) is 3.40. The summed E-state index contributed by atoms with van der Waals surface area (Å²) in [6.07, 6.45) is 1.98. The van der Waals surface area contributed by atoms with Crippen LogP contribution in [0.2, 0.25) is 0 Å². The van der Waals surface area contributed by atoms with E-state index in [0.29, 0.717) is 25.5 Å². The lowest BCUT2D eigenvalue weighted by Gasteiger charge is -2.04. The Morgan fingerprint density at radius 3 is 2.60 bits per heavy atom. The van der Waals surface area contributed by atoms with Gasteiger partial charge in [-0.05, 0) is 44.0 Å². The number of ether oxygens (including phenoxy) is 1. The maximum absolute atomic E-state index is 12.7. The maximum Gasteiger partial charge on any atom is 0.346 e. The lowest BCUT2D eigenvalue weighted by Crippen LogP contribution is -2.38. The fourth-order valence-electron chi connectivity index (χ4n) is 2.66. The molecule has 2 N–H and O–H groups in total. The Balaban J connectivity index is 1.81. The summed E-state index contributed by atoms with van der Waals surface area (Å²) in [6, 6.07) is 7.48. The summed E-state index contributed by atoms with van der Waals surface area (Å²) in [6.45, 7) is 3.08. The van der Waals surface area contributed by atoms with Crippen LogP contribution in [0.3, 0.4) is 0 Å². The summed E-state index contributed by atoms with van der Waals surface area (Å²) in [5.74, 6) is 1.42. The van der Waals surface area contributed by atoms with Gasteiger partial charge in [0.15, 0.2) is 5.82 Å². The molecular weight excluding hydrogens is 322 g/mol. The van der Waals surface area contributed by atoms with Gasteiger partial charge in [0, 0.05) is 24.7 Å². The number of nitrogens with one attached hydrogen (secondary N) is 2. The Bertz CT molecular complexity index is 790. The first-order valence-electron chi connectivity index (χ1n) is 8.49. The first-order chi connectivity index (χ1) is 12.1. The molecule has 1 aliphatic rings. The number of carbonyl (C=O) groups excluding carboxylic acids is 1. The number of aromatic nitrogens is 3. The van der Waals surface area contributed by atoms with Crippen LogP contribution < -0.4 is 21.1 Å². The van der Waals surface area contributed by atoms with E-state index in [2.05, 4.69) is 15.7 Å². The maximum atomic E-state index is 12.7. The molecule has 0 saturated heterocycles. The molecule has 0 aliphatic heterocycles. The van der Waals surface area contributed by atoms with E-state index in [-0.39, 0.29) is 17.8 Å². The molecule has 1 saturated carbocycles. The van der Waals surface area contributed by atoms with E-state index < -0.39 is 0 Å². The van der Waals surface area contributed by atoms with Crippen LogP contribution in [0.5, 0.6) is 5.75 Å². The van der Waals surface area contributed by atoms with Crippen LogP contribution >= 0.6 is 0 Å². The molecule has 2 amide bonds. The predicted octanol–water partition coefficient (Wildman–Crippen LogP) is 1.37. The van der Waals surface area contributed by atoms with E-state index in [1.165, 1.54) is 4.68 Å². The molecule has 8 nitrogen and oxygen atoms in total. The minimum Gasteiger partial charge on any atom is -0.497 e. The van der Waals surface area contributed by atoms with Gasteiger partial charge in [0.1, 0.15) is 5.75 Å². The smallest absolute Gasteiger partial charge is 0.346 e. The third-order valence-electron chi connectivity index (χ3n) is 4.08. The molecule has 0 radical (unpaired) electrons. The Hall–Kier alpha value is -2.77. The molecule has 3 rings (SSSR count). The topological polar surface area (TPSA) is 90.2 Å². The van der Waals surface area contributed by atoms with Crippen molar-refractivity contribution in [2.75, 3.05) is 20.2 Å². The first-order valence-corrected chi connectivity index (χ1v) is 8.49. The molecule has 25 heavy (non-hydrogen) atoms. The molecule has 1 aromatic carbocycles. The van der Waals surface area contributed by atoms with Crippen molar-refractivity contribution in [3.05, 3.63) is 34.7 Å². The van der Waals surface area contributed by atoms with Gasteiger partial charge in [0.25, 0.3) is 0 Å². The summed E-state index contributed by atoms with van der Waals surface area (Å²) >= 11 is 0. The molecular formula is C17H23N5O3. The second-order valence-electron chi connectivity index (χ2n) is 5.95. The van der Waals surface area contributed by atoms with Gasteiger partial charge in [0.2, 0.25) is 0 Å². The summed E-state index contributed by atoms with van der Waals surface area (Å²) in [5, 5.41) is 9.86. The van der Waals surface area contributed by atoms with Crippen molar-refractivity contribution in [3.8, 4) is 17.1 Å². The van der Waals surface area contributed by atoms with Crippen molar-refractivity contribution in [1.82, 2.24) is 25.0 Å². The highest BCUT2D eigenvalue weighted by atomic mass is 16.5. The minimum atomic E-state index is -0.243. The monoisotopic (exact) mass is 345 g/mol. The van der Waals surface area contributed by atoms with Gasteiger partial charge < -0.3 is 15.4 Å². The molecule has 1 aliphatic carbocycles. The van der Waals surface area contributed by atoms with E-state index in [0.717, 1.165) is 24.2 Å². The van der Waals surface area contributed by atoms with Crippen LogP contribution in [0.4, 0.5) is 4.79 Å². The number of methoxy groups -OCH3 is 1. The number of rotatable bonds is 7. The zero-order valence-electron chi connectivity index (χ0n) is 14.5. The molecule has 2 aromatic rings. The van der Waals surface area contributed by atoms with Gasteiger partial charge in [-0.3, -0.25) is 4.57 Å². The lowest BCUT2D eigenvalue weighted by molar-refractivity contribution is 0.241. The fraction of sp³-hybridized carbons (Fsp3) is 0.471. The van der Waals surface area contributed by atoms with E-state index in [1.54, 1.807) is 11.7 Å². The highest BCUT2D eigenvalue weighted by Crippen LogP contribution is 2.36. The molecule has 8 heteroatoms. The molecule has 0 unspecified atom stereocenters. The van der Waals surface area contributed by atoms with Crippen molar-refractivity contribution in [1.29, 1.82) is 0 Å². The van der Waals surface area contributed by atoms with Gasteiger partial charge in [0.05, 0.1) is 13.7 Å². The minimum absolute atomic E-state index is 0.133. The third kappa shape index (κ3) is 3.84. The molecule has 0 bridgehead atoms. The Kier molecular flexibility index (Phi) is 5.06. The number of amides is 2. The zero-order chi connectivity index (χ0) is 17.8. The Labute approximate surface area is 145 Å². The van der Waals surface area contributed by atoms with Crippen LogP contribution in [-0.2, 0) is 6.54 Å². The number of urea groups is 1. The van der Waals surface area contributed by atoms with E-state index in [4.69, 9.17) is 4.74 Å². The summed E-state index contributed by atoms with van der Waals surface area (Å²) in [4.78, 5) is 24.1. The normalized spacial score (nSPS) is 13.5. The number of nitrogens with zero attached hydrogens (tertiary/aromatic N) is 3. The quantitative estimate of drug-likeness (QED) is 0.793. The third-order valence-corrected chi connectivity index (χ3v) is 4.08. The molecule has 1 fully saturated rings. The lowest BCUT2D eigenvalue weighted by atomic mass is 10.2. The van der Waals surface area contributed by atoms with Crippen molar-refractivity contribution < 1.29 is 9.53 Å². The van der Waals surface area contributed by atoms with Crippen LogP contribution in [0.25, 0.3) is 11.4 Å². The van der Waals surface area contributed by atoms with Gasteiger partial charge in [-0.1, -0.05) is 0 Å². The highest BCUT2D eigenvalue weighted by molar-refractivity contribution is 5.73. The Morgan fingerprint density at radius 1 is 1.28 bits per heavy atom. The van der Waals surface area contributed by atoms with Crippen molar-refractivity contribution >= 4 is 6.03 Å². The summed E-state index contributed by atoms with van der Waals surface area (Å²) in [5.41, 5.74) is 0.742. The summed E-state index contributed by atoms with van der Waals surface area (Å²) in [7, 11) is 1.62. The number of carbonyl (C=O) groups is 1. The Morgan fingerprint density at radius 2 is 2.00 bits per heavy atom. The van der Waals surface area contributed by atoms with Crippen LogP contribution in [-0.4, -0.2) is 40.6 Å². The number of benzene rings is 1. The SMILES string of the molecule is CCNC(=O)NCCn1nc(-c2ccc(OC)cc2)n(C2CC2)c1=O. The number of hydrogen-bond acceptors (Lipinski definition) is 4. The van der Waals surface area contributed by atoms with Gasteiger partial charge >= 0.3 is 11.7 Å². The second-order valence-corrected chi connectivity index (χ2v) is 5.95. The predicted molar refractivity (Wildman–Crippen MR) is 93.8 cm³/mol. The van der Waals surface area contributed by atoms with Gasteiger partial charge in [-0.15, -0.1) is 5.10 Å². The molecule has 0 spiro atoms. The standard InChI is InChI=1S/C17H23N5O3/c1-3-18-16(23)19-10-11-21-17(24)22(13-6-7-13)15(20-21)12-4-8-14(25-2)9-5-12/h4-5,8-9,13H,3,6-7,10-11H2,1-2H3,(H2,18,19,23). The van der Waals surface area contributed by atoms with Gasteiger partial charge in [-0.25, -0.2) is 14.3 Å². The van der Waals surface area contributed by atoms with E-state index >= 15 is 0 Å². The number of hydrogen-bond donors (Lipinski definition) is 2. The molecule has 1 aromatic heterocycles. The molecule has 1 heterocycles. The molecule has 134 valence electrons. The second kappa shape index (κ2) is 7.42. The van der Waals surface area contributed by atoms with E-state index in [9.17, 15) is 9.59 Å². The first kappa shape index (κ1) is 17.1. The largest absolute Gasteiger partial charge is 0.497 e. The fourth-order valence-corrected chi connectivity index (χ4v) is 2.66. The zero-order valence-corrected chi connectivity index (χ0v) is 14.5. The van der Waals surface area contributed by atoms with Crippen LogP contribution in [0.1, 0.15) is 25.8 Å². The van der Waals surface area contributed by atoms with Crippen LogP contribution in [0, 0.1) is 0 Å². The van der Waals surface area contributed by atoms with Crippen molar-refractivity contribution in [2.45, 2.75) is 32.4 Å². The van der Waals surface area contributed by atoms with Crippen molar-refractivity contribution in [3.63, 3.8) is 0 Å². The van der Waals surface area contributed by atoms with Crippen molar-refractivity contribution in [2.24, 2.45) is 0 Å². The van der Waals surface area contributed by atoms with Crippen LogP contribution in [0.15, 0.2) is 29.1 Å². The highest BCUT2D eigenvalue weighted by Gasteiger charge is 2.30. The molecule has 0 atom stereocenters. The van der Waals surface area contributed by atoms with Gasteiger partial charge in [-0.2, -0.15) is 0 Å². The average molecular weight is 345 g/mol. The summed E-state index contributed by atoms with van der Waals surface area (Å²) < 4.78 is 8.36. The van der Waals surface area contributed by atoms with E-state index in [1.807, 2.05) is 31.2 Å².